The highest BCUT2D eigenvalue weighted by Gasteiger charge is 2.73. The number of aliphatic hydroxyl groups excluding tert-OH is 3. The van der Waals surface area contributed by atoms with E-state index in [4.69, 9.17) is 14.6 Å². The van der Waals surface area contributed by atoms with Crippen LogP contribution in [0.1, 0.15) is 89.0 Å². The second-order valence-electron chi connectivity index (χ2n) is 15.4. The summed E-state index contributed by atoms with van der Waals surface area (Å²) in [6, 6.07) is -1.28. The van der Waals surface area contributed by atoms with E-state index in [0.29, 0.717) is 12.8 Å². The Balaban J connectivity index is 0.000000267. The second-order valence-corrected chi connectivity index (χ2v) is 15.4. The number of hydrogen-bond donors (Lipinski definition) is 5. The number of carbonyl (C=O) groups is 5. The molecule has 4 aliphatic heterocycles. The Morgan fingerprint density at radius 3 is 1.89 bits per heavy atom. The molecule has 47 heavy (non-hydrogen) atoms. The summed E-state index contributed by atoms with van der Waals surface area (Å²) in [5.74, 6) is -2.80. The molecule has 5 N–H and O–H groups in total. The van der Waals surface area contributed by atoms with E-state index >= 15 is 0 Å². The zero-order chi connectivity index (χ0) is 36.0. The molecule has 4 heterocycles. The van der Waals surface area contributed by atoms with E-state index in [2.05, 4.69) is 10.6 Å². The molecule has 0 spiro atoms. The summed E-state index contributed by atoms with van der Waals surface area (Å²) < 4.78 is 10.4. The maximum Gasteiger partial charge on any atom is 0.408 e. The van der Waals surface area contributed by atoms with Crippen LogP contribution in [-0.4, -0.2) is 121 Å². The Morgan fingerprint density at radius 2 is 1.47 bits per heavy atom. The van der Waals surface area contributed by atoms with E-state index in [1.165, 1.54) is 0 Å². The summed E-state index contributed by atoms with van der Waals surface area (Å²) in [5.41, 5.74) is -3.58. The molecule has 0 unspecified atom stereocenters. The van der Waals surface area contributed by atoms with Gasteiger partial charge in [-0.05, 0) is 73.1 Å². The number of cyclic esters (lactones) is 1. The Bertz CT molecular complexity index is 1210. The highest BCUT2D eigenvalue weighted by Crippen LogP contribution is 2.47. The largest absolute Gasteiger partial charge is 0.465 e. The molecule has 0 aliphatic carbocycles. The number of β-lactam (4-membered cyclic amide) rings is 2. The summed E-state index contributed by atoms with van der Waals surface area (Å²) in [6.45, 7) is 19.9. The highest BCUT2D eigenvalue weighted by molar-refractivity contribution is 6.04. The van der Waals surface area contributed by atoms with Gasteiger partial charge in [-0.1, -0.05) is 27.7 Å². The Morgan fingerprint density at radius 1 is 0.936 bits per heavy atom. The SMILES string of the molecule is CC(C)[C@H](O)[C@@]12NC(=O)[C@H](CCO)[C@@H]1N(C(C)C)C2=O.CC(C)[C@H](O)[C@]1(NC(=O)OC(C)(C)C)C(=O)N(C(C)C)[C@H]1[C@H]1CCOC1=O. The normalized spacial score (nSPS) is 31.6. The monoisotopic (exact) mass is 668 g/mol. The average molecular weight is 669 g/mol. The molecule has 4 amide bonds. The fraction of sp³-hybridized carbons (Fsp3) is 0.848. The Labute approximate surface area is 277 Å². The van der Waals surface area contributed by atoms with Crippen LogP contribution >= 0.6 is 0 Å². The van der Waals surface area contributed by atoms with Crippen molar-refractivity contribution in [2.75, 3.05) is 13.2 Å². The summed E-state index contributed by atoms with van der Waals surface area (Å²) in [5, 5.41) is 35.9. The van der Waals surface area contributed by atoms with Crippen LogP contribution in [0.3, 0.4) is 0 Å². The molecule has 4 aliphatic rings. The van der Waals surface area contributed by atoms with Crippen LogP contribution in [0, 0.1) is 23.7 Å². The van der Waals surface area contributed by atoms with Crippen LogP contribution in [0.5, 0.6) is 0 Å². The zero-order valence-corrected chi connectivity index (χ0v) is 29.7. The highest BCUT2D eigenvalue weighted by atomic mass is 16.6. The molecule has 4 rings (SSSR count). The van der Waals surface area contributed by atoms with Crippen LogP contribution in [0.15, 0.2) is 0 Å². The fourth-order valence-electron chi connectivity index (χ4n) is 7.57. The minimum absolute atomic E-state index is 0.0334. The zero-order valence-electron chi connectivity index (χ0n) is 29.7. The molecular weight excluding hydrogens is 612 g/mol. The summed E-state index contributed by atoms with van der Waals surface area (Å²) in [7, 11) is 0. The first-order chi connectivity index (χ1) is 21.6. The van der Waals surface area contributed by atoms with E-state index in [9.17, 15) is 34.2 Å². The summed E-state index contributed by atoms with van der Waals surface area (Å²) in [6.07, 6.45) is -2.15. The molecule has 0 bridgehead atoms. The lowest BCUT2D eigenvalue weighted by Gasteiger charge is -2.61. The number of nitrogens with zero attached hydrogens (tertiary/aromatic N) is 2. The van der Waals surface area contributed by atoms with Gasteiger partial charge in [-0.2, -0.15) is 0 Å². The molecule has 0 aromatic rings. The minimum Gasteiger partial charge on any atom is -0.465 e. The molecular formula is C33H56N4O10. The number of nitrogens with one attached hydrogen (secondary N) is 2. The van der Waals surface area contributed by atoms with Gasteiger partial charge in [0.25, 0.3) is 11.8 Å². The van der Waals surface area contributed by atoms with Crippen molar-refractivity contribution in [3.05, 3.63) is 0 Å². The Hall–Kier alpha value is -2.97. The third-order valence-corrected chi connectivity index (χ3v) is 9.57. The lowest BCUT2D eigenvalue weighted by atomic mass is 9.65. The summed E-state index contributed by atoms with van der Waals surface area (Å²) in [4.78, 5) is 65.9. The van der Waals surface area contributed by atoms with Gasteiger partial charge < -0.3 is 45.2 Å². The van der Waals surface area contributed by atoms with E-state index in [-0.39, 0.29) is 55.0 Å². The smallest absolute Gasteiger partial charge is 0.408 e. The van der Waals surface area contributed by atoms with Crippen LogP contribution < -0.4 is 10.6 Å². The van der Waals surface area contributed by atoms with Gasteiger partial charge in [0.15, 0.2) is 11.1 Å². The van der Waals surface area contributed by atoms with Crippen LogP contribution in [-0.2, 0) is 28.7 Å². The fourth-order valence-corrected chi connectivity index (χ4v) is 7.57. The first-order valence-corrected chi connectivity index (χ1v) is 16.7. The standard InChI is InChI=1S/C19H32N2O6.C14H24N2O4/c1-10(2)14(22)19(20-17(25)27-18(5,6)7)13(12-8-9-26-15(12)23)21(11(3)4)16(19)24;1-7(2)11(18)14-10(16(8(3)4)13(14)20)9(5-6-17)12(19)15-14/h10-14,22H,8-9H2,1-7H3,(H,20,25);7-11,17-18H,5-6H2,1-4H3,(H,15,19)/t12-,13+,14+,19+;9-,10+,11+,14+/m11/s1. The van der Waals surface area contributed by atoms with Gasteiger partial charge in [0.2, 0.25) is 5.91 Å². The average Bonchev–Trinajstić information content (AvgIpc) is 3.46. The number of rotatable bonds is 10. The molecule has 0 saturated carbocycles. The van der Waals surface area contributed by atoms with Crippen LogP contribution in [0.4, 0.5) is 4.79 Å². The van der Waals surface area contributed by atoms with Crippen LogP contribution in [0.25, 0.3) is 0 Å². The van der Waals surface area contributed by atoms with Crippen molar-refractivity contribution in [3.8, 4) is 0 Å². The van der Waals surface area contributed by atoms with Gasteiger partial charge in [-0.15, -0.1) is 0 Å². The number of hydrogen-bond acceptors (Lipinski definition) is 10. The minimum atomic E-state index is -1.62. The molecule has 4 saturated heterocycles. The molecule has 0 aromatic carbocycles. The molecule has 4 fully saturated rings. The lowest BCUT2D eigenvalue weighted by molar-refractivity contribution is -0.189. The van der Waals surface area contributed by atoms with Crippen molar-refractivity contribution in [2.45, 2.75) is 142 Å². The van der Waals surface area contributed by atoms with Gasteiger partial charge in [0, 0.05) is 18.7 Å². The topological polar surface area (TPSA) is 195 Å². The quantitative estimate of drug-likeness (QED) is 0.165. The van der Waals surface area contributed by atoms with Crippen molar-refractivity contribution in [1.29, 1.82) is 0 Å². The van der Waals surface area contributed by atoms with Gasteiger partial charge in [-0.3, -0.25) is 19.2 Å². The van der Waals surface area contributed by atoms with Crippen molar-refractivity contribution < 1.29 is 48.8 Å². The first kappa shape index (κ1) is 38.5. The molecule has 14 nitrogen and oxygen atoms in total. The number of likely N-dealkylation sites (tertiary alicyclic amines) is 2. The maximum absolute atomic E-state index is 13.2. The molecule has 0 aromatic heterocycles. The Kier molecular flexibility index (Phi) is 11.4. The second kappa shape index (κ2) is 13.9. The number of amides is 4. The van der Waals surface area contributed by atoms with Crippen molar-refractivity contribution in [1.82, 2.24) is 20.4 Å². The first-order valence-electron chi connectivity index (χ1n) is 16.7. The number of alkyl carbamates (subject to hydrolysis) is 1. The maximum atomic E-state index is 13.2. The number of carbonyl (C=O) groups excluding carboxylic acids is 5. The van der Waals surface area contributed by atoms with Crippen LogP contribution in [0.2, 0.25) is 0 Å². The van der Waals surface area contributed by atoms with Crippen molar-refractivity contribution in [3.63, 3.8) is 0 Å². The number of esters is 1. The van der Waals surface area contributed by atoms with Gasteiger partial charge in [0.05, 0.1) is 42.7 Å². The number of ether oxygens (including phenoxy) is 2. The molecule has 14 heteroatoms. The van der Waals surface area contributed by atoms with E-state index in [1.807, 2.05) is 41.5 Å². The third kappa shape index (κ3) is 6.57. The summed E-state index contributed by atoms with van der Waals surface area (Å²) >= 11 is 0. The van der Waals surface area contributed by atoms with Gasteiger partial charge in [-0.25, -0.2) is 4.79 Å². The van der Waals surface area contributed by atoms with Gasteiger partial charge >= 0.3 is 12.1 Å². The van der Waals surface area contributed by atoms with E-state index in [0.717, 1.165) is 0 Å². The van der Waals surface area contributed by atoms with E-state index in [1.54, 1.807) is 44.4 Å². The van der Waals surface area contributed by atoms with Crippen molar-refractivity contribution in [2.24, 2.45) is 23.7 Å². The van der Waals surface area contributed by atoms with E-state index < -0.39 is 64.7 Å². The third-order valence-electron chi connectivity index (χ3n) is 9.57. The lowest BCUT2D eigenvalue weighted by Crippen LogP contribution is -2.87. The molecule has 8 atom stereocenters. The predicted octanol–water partition coefficient (Wildman–Crippen LogP) is 0.939. The number of fused-ring (bicyclic) bond motifs is 1. The van der Waals surface area contributed by atoms with Gasteiger partial charge in [0.1, 0.15) is 5.60 Å². The molecule has 268 valence electrons. The molecule has 0 radical (unpaired) electrons. The van der Waals surface area contributed by atoms with Crippen molar-refractivity contribution >= 4 is 29.8 Å². The predicted molar refractivity (Wildman–Crippen MR) is 170 cm³/mol. The number of aliphatic hydroxyl groups is 3.